The van der Waals surface area contributed by atoms with Gasteiger partial charge in [0.2, 0.25) is 5.91 Å². The van der Waals surface area contributed by atoms with Gasteiger partial charge in [-0.3, -0.25) is 9.59 Å². The minimum atomic E-state index is -1.20. The summed E-state index contributed by atoms with van der Waals surface area (Å²) in [7, 11) is 0. The highest BCUT2D eigenvalue weighted by molar-refractivity contribution is 6.00. The van der Waals surface area contributed by atoms with E-state index < -0.39 is 29.3 Å². The van der Waals surface area contributed by atoms with Crippen molar-refractivity contribution in [3.8, 4) is 11.5 Å². The number of nitrogens with one attached hydrogen (secondary N) is 2. The maximum absolute atomic E-state index is 13.0. The predicted molar refractivity (Wildman–Crippen MR) is 189 cm³/mol. The number of carbonyl (C=O) groups excluding carboxylic acids is 3. The van der Waals surface area contributed by atoms with Gasteiger partial charge < -0.3 is 25.2 Å². The molecule has 0 aliphatic heterocycles. The third-order valence-corrected chi connectivity index (χ3v) is 8.25. The lowest BCUT2D eigenvalue weighted by molar-refractivity contribution is -0.139. The van der Waals surface area contributed by atoms with Gasteiger partial charge in [-0.1, -0.05) is 75.1 Å². The standard InChI is InChI=1S/C40H44N2O7/c1-4-5-6-7-11-26-48-33-24-18-30(19-25-33)38(46)49-34-22-14-28(15-23-34)27-35(37(44)45)42-36(43)29-16-20-32(21-17-29)41-39(47)40(2,3)31-12-9-8-10-13-31/h8-10,12-25,35H,4-7,11,26-27H2,1-3H3,(H,41,47)(H,42,43)(H,44,45). The van der Waals surface area contributed by atoms with E-state index in [1.165, 1.54) is 31.4 Å². The summed E-state index contributed by atoms with van der Waals surface area (Å²) in [5, 5.41) is 15.3. The highest BCUT2D eigenvalue weighted by atomic mass is 16.5. The van der Waals surface area contributed by atoms with E-state index in [0.29, 0.717) is 34.9 Å². The minimum absolute atomic E-state index is 0.0120. The molecule has 0 spiro atoms. The van der Waals surface area contributed by atoms with Gasteiger partial charge >= 0.3 is 11.9 Å². The molecule has 0 bridgehead atoms. The van der Waals surface area contributed by atoms with Crippen LogP contribution in [0.1, 0.15) is 84.7 Å². The second-order valence-electron chi connectivity index (χ2n) is 12.4. The van der Waals surface area contributed by atoms with Gasteiger partial charge in [0.15, 0.2) is 0 Å². The molecule has 0 saturated carbocycles. The molecule has 0 fully saturated rings. The molecule has 0 aliphatic carbocycles. The number of carbonyl (C=O) groups is 4. The number of carboxylic acids is 1. The van der Waals surface area contributed by atoms with Gasteiger partial charge in [0.05, 0.1) is 17.6 Å². The fourth-order valence-corrected chi connectivity index (χ4v) is 5.10. The van der Waals surface area contributed by atoms with Crippen LogP contribution in [-0.4, -0.2) is 41.5 Å². The molecule has 4 aromatic rings. The number of unbranched alkanes of at least 4 members (excludes halogenated alkanes) is 4. The number of hydrogen-bond donors (Lipinski definition) is 3. The summed E-state index contributed by atoms with van der Waals surface area (Å²) in [6, 6.07) is 27.7. The van der Waals surface area contributed by atoms with Gasteiger partial charge in [0, 0.05) is 17.7 Å². The van der Waals surface area contributed by atoms with E-state index in [4.69, 9.17) is 9.47 Å². The molecular weight excluding hydrogens is 620 g/mol. The zero-order chi connectivity index (χ0) is 35.2. The lowest BCUT2D eigenvalue weighted by Gasteiger charge is -2.24. The maximum atomic E-state index is 13.0. The summed E-state index contributed by atoms with van der Waals surface area (Å²) in [5.74, 6) is -1.49. The average Bonchev–Trinajstić information content (AvgIpc) is 3.11. The number of aliphatic carboxylic acids is 1. The zero-order valence-corrected chi connectivity index (χ0v) is 28.2. The third-order valence-electron chi connectivity index (χ3n) is 8.25. The summed E-state index contributed by atoms with van der Waals surface area (Å²) in [5.41, 5.74) is 1.85. The van der Waals surface area contributed by atoms with E-state index in [1.807, 2.05) is 44.2 Å². The Kier molecular flexibility index (Phi) is 13.1. The zero-order valence-electron chi connectivity index (χ0n) is 28.2. The first-order chi connectivity index (χ1) is 23.6. The summed E-state index contributed by atoms with van der Waals surface area (Å²) in [6.45, 7) is 6.48. The molecule has 4 rings (SSSR count). The Morgan fingerprint density at radius 2 is 1.35 bits per heavy atom. The second-order valence-corrected chi connectivity index (χ2v) is 12.4. The van der Waals surface area contributed by atoms with E-state index in [9.17, 15) is 24.3 Å². The van der Waals surface area contributed by atoms with Crippen LogP contribution in [-0.2, 0) is 21.4 Å². The molecular formula is C40H44N2O7. The van der Waals surface area contributed by atoms with Crippen molar-refractivity contribution in [3.63, 3.8) is 0 Å². The Morgan fingerprint density at radius 3 is 1.98 bits per heavy atom. The molecule has 0 heterocycles. The van der Waals surface area contributed by atoms with Crippen LogP contribution >= 0.6 is 0 Å². The van der Waals surface area contributed by atoms with Crippen molar-refractivity contribution >= 4 is 29.4 Å². The van der Waals surface area contributed by atoms with Gasteiger partial charge in [-0.05, 0) is 92.1 Å². The molecule has 49 heavy (non-hydrogen) atoms. The first kappa shape index (κ1) is 36.4. The number of hydrogen-bond acceptors (Lipinski definition) is 6. The molecule has 9 nitrogen and oxygen atoms in total. The average molecular weight is 665 g/mol. The van der Waals surface area contributed by atoms with Crippen molar-refractivity contribution in [1.82, 2.24) is 5.32 Å². The van der Waals surface area contributed by atoms with Gasteiger partial charge in [-0.25, -0.2) is 9.59 Å². The van der Waals surface area contributed by atoms with E-state index in [1.54, 1.807) is 60.7 Å². The topological polar surface area (TPSA) is 131 Å². The van der Waals surface area contributed by atoms with Gasteiger partial charge in [-0.2, -0.15) is 0 Å². The number of esters is 1. The molecule has 0 aromatic heterocycles. The normalized spacial score (nSPS) is 11.7. The quantitative estimate of drug-likeness (QED) is 0.0602. The Morgan fingerprint density at radius 1 is 0.735 bits per heavy atom. The second kappa shape index (κ2) is 17.6. The molecule has 1 atom stereocenters. The van der Waals surface area contributed by atoms with Crippen molar-refractivity contribution in [3.05, 3.63) is 125 Å². The first-order valence-electron chi connectivity index (χ1n) is 16.6. The Bertz CT molecular complexity index is 1680. The number of carboxylic acid groups (broad SMARTS) is 1. The molecule has 4 aromatic carbocycles. The number of ether oxygens (including phenoxy) is 2. The number of rotatable bonds is 17. The van der Waals surface area contributed by atoms with Crippen molar-refractivity contribution in [2.45, 2.75) is 70.8 Å². The molecule has 0 aliphatic rings. The largest absolute Gasteiger partial charge is 0.494 e. The summed E-state index contributed by atoms with van der Waals surface area (Å²) >= 11 is 0. The van der Waals surface area contributed by atoms with Crippen LogP contribution in [0.3, 0.4) is 0 Å². The van der Waals surface area contributed by atoms with Gasteiger partial charge in [0.25, 0.3) is 5.91 Å². The molecule has 1 unspecified atom stereocenters. The molecule has 2 amide bonds. The Balaban J connectivity index is 1.27. The van der Waals surface area contributed by atoms with E-state index in [-0.39, 0.29) is 17.9 Å². The summed E-state index contributed by atoms with van der Waals surface area (Å²) in [4.78, 5) is 50.6. The van der Waals surface area contributed by atoms with Crippen LogP contribution in [0.15, 0.2) is 103 Å². The molecule has 0 radical (unpaired) electrons. The van der Waals surface area contributed by atoms with Crippen LogP contribution in [0.2, 0.25) is 0 Å². The van der Waals surface area contributed by atoms with Crippen LogP contribution in [0.5, 0.6) is 11.5 Å². The predicted octanol–water partition coefficient (Wildman–Crippen LogP) is 7.60. The minimum Gasteiger partial charge on any atom is -0.494 e. The highest BCUT2D eigenvalue weighted by Crippen LogP contribution is 2.25. The van der Waals surface area contributed by atoms with Gasteiger partial charge in [0.1, 0.15) is 17.5 Å². The molecule has 9 heteroatoms. The lowest BCUT2D eigenvalue weighted by Crippen LogP contribution is -2.42. The lowest BCUT2D eigenvalue weighted by atomic mass is 9.83. The van der Waals surface area contributed by atoms with Crippen LogP contribution in [0, 0.1) is 0 Å². The smallest absolute Gasteiger partial charge is 0.343 e. The monoisotopic (exact) mass is 664 g/mol. The SMILES string of the molecule is CCCCCCCOc1ccc(C(=O)Oc2ccc(CC(NC(=O)c3ccc(NC(=O)C(C)(C)c4ccccc4)cc3)C(=O)O)cc2)cc1. The van der Waals surface area contributed by atoms with Crippen LogP contribution in [0.25, 0.3) is 0 Å². The highest BCUT2D eigenvalue weighted by Gasteiger charge is 2.29. The third kappa shape index (κ3) is 10.8. The molecule has 3 N–H and O–H groups in total. The first-order valence-corrected chi connectivity index (χ1v) is 16.6. The maximum Gasteiger partial charge on any atom is 0.343 e. The molecule has 0 saturated heterocycles. The van der Waals surface area contributed by atoms with Crippen molar-refractivity contribution < 1.29 is 33.8 Å². The van der Waals surface area contributed by atoms with E-state index >= 15 is 0 Å². The number of amides is 2. The Labute approximate surface area is 287 Å². The van der Waals surface area contributed by atoms with E-state index in [2.05, 4.69) is 17.6 Å². The fraction of sp³-hybridized carbons (Fsp3) is 0.300. The van der Waals surface area contributed by atoms with E-state index in [0.717, 1.165) is 18.4 Å². The number of benzene rings is 4. The Hall–Kier alpha value is -5.44. The van der Waals surface area contributed by atoms with Crippen LogP contribution in [0.4, 0.5) is 5.69 Å². The van der Waals surface area contributed by atoms with Crippen molar-refractivity contribution in [1.29, 1.82) is 0 Å². The number of anilines is 1. The van der Waals surface area contributed by atoms with Crippen molar-refractivity contribution in [2.75, 3.05) is 11.9 Å². The van der Waals surface area contributed by atoms with Gasteiger partial charge in [-0.15, -0.1) is 0 Å². The summed E-state index contributed by atoms with van der Waals surface area (Å²) < 4.78 is 11.2. The summed E-state index contributed by atoms with van der Waals surface area (Å²) in [6.07, 6.45) is 5.77. The van der Waals surface area contributed by atoms with Crippen LogP contribution < -0.4 is 20.1 Å². The fourth-order valence-electron chi connectivity index (χ4n) is 5.10. The molecule has 256 valence electrons. The van der Waals surface area contributed by atoms with Crippen molar-refractivity contribution in [2.24, 2.45) is 0 Å².